The van der Waals surface area contributed by atoms with E-state index >= 15 is 0 Å². The van der Waals surface area contributed by atoms with Crippen LogP contribution in [-0.4, -0.2) is 63.5 Å². The molecule has 25 heavy (non-hydrogen) atoms. The first-order chi connectivity index (χ1) is 12.0. The topological polar surface area (TPSA) is 80.3 Å². The second kappa shape index (κ2) is 8.46. The van der Waals surface area contributed by atoms with Crippen LogP contribution in [0.1, 0.15) is 13.8 Å². The molecule has 0 aromatic heterocycles. The summed E-state index contributed by atoms with van der Waals surface area (Å²) in [5, 5.41) is 2.80. The van der Waals surface area contributed by atoms with Crippen LogP contribution >= 0.6 is 0 Å². The quantitative estimate of drug-likeness (QED) is 0.813. The Morgan fingerprint density at radius 3 is 2.56 bits per heavy atom. The molecule has 1 aliphatic heterocycles. The van der Waals surface area contributed by atoms with Gasteiger partial charge in [0.15, 0.2) is 11.5 Å². The van der Waals surface area contributed by atoms with E-state index < -0.39 is 12.2 Å². The molecule has 0 aliphatic carbocycles. The Bertz CT molecular complexity index is 618. The third-order valence-corrected chi connectivity index (χ3v) is 4.08. The van der Waals surface area contributed by atoms with Crippen molar-refractivity contribution in [1.29, 1.82) is 0 Å². The van der Waals surface area contributed by atoms with Gasteiger partial charge in [-0.25, -0.2) is 9.59 Å². The molecular weight excluding hydrogens is 326 g/mol. The van der Waals surface area contributed by atoms with Crippen LogP contribution in [0.3, 0.4) is 0 Å². The zero-order chi connectivity index (χ0) is 18.4. The second-order valence-corrected chi connectivity index (χ2v) is 5.51. The Labute approximate surface area is 147 Å². The minimum absolute atomic E-state index is 0.161. The number of nitrogens with zero attached hydrogens (tertiary/aromatic N) is 2. The van der Waals surface area contributed by atoms with E-state index in [1.54, 1.807) is 30.2 Å². The Morgan fingerprint density at radius 2 is 1.96 bits per heavy atom. The zero-order valence-corrected chi connectivity index (χ0v) is 15.1. The predicted molar refractivity (Wildman–Crippen MR) is 93.5 cm³/mol. The molecule has 1 atom stereocenters. The third-order valence-electron chi connectivity index (χ3n) is 4.08. The highest BCUT2D eigenvalue weighted by Gasteiger charge is 2.33. The Morgan fingerprint density at radius 1 is 1.28 bits per heavy atom. The van der Waals surface area contributed by atoms with Crippen LogP contribution in [0, 0.1) is 0 Å². The summed E-state index contributed by atoms with van der Waals surface area (Å²) in [6.45, 7) is 5.71. The van der Waals surface area contributed by atoms with Crippen molar-refractivity contribution in [2.24, 2.45) is 0 Å². The Kier molecular flexibility index (Phi) is 6.32. The van der Waals surface area contributed by atoms with E-state index in [0.29, 0.717) is 36.8 Å². The van der Waals surface area contributed by atoms with Crippen LogP contribution in [0.15, 0.2) is 18.2 Å². The summed E-state index contributed by atoms with van der Waals surface area (Å²) in [5.41, 5.74) is 0.653. The molecule has 8 heteroatoms. The number of nitrogens with one attached hydrogen (secondary N) is 1. The lowest BCUT2D eigenvalue weighted by Gasteiger charge is -2.20. The fourth-order valence-electron chi connectivity index (χ4n) is 2.66. The first-order valence-electron chi connectivity index (χ1n) is 8.26. The van der Waals surface area contributed by atoms with Gasteiger partial charge in [-0.3, -0.25) is 4.90 Å². The fourth-order valence-corrected chi connectivity index (χ4v) is 2.66. The van der Waals surface area contributed by atoms with Gasteiger partial charge in [0, 0.05) is 19.2 Å². The van der Waals surface area contributed by atoms with Crippen LogP contribution in [0.2, 0.25) is 0 Å². The maximum atomic E-state index is 12.1. The van der Waals surface area contributed by atoms with Crippen LogP contribution < -0.4 is 19.7 Å². The van der Waals surface area contributed by atoms with E-state index in [1.807, 2.05) is 13.8 Å². The first kappa shape index (κ1) is 18.7. The van der Waals surface area contributed by atoms with E-state index in [2.05, 4.69) is 5.32 Å². The summed E-state index contributed by atoms with van der Waals surface area (Å²) in [7, 11) is 3.09. The summed E-state index contributed by atoms with van der Waals surface area (Å²) in [6, 6.07) is 5.05. The van der Waals surface area contributed by atoms with Gasteiger partial charge in [-0.2, -0.15) is 0 Å². The van der Waals surface area contributed by atoms with Gasteiger partial charge in [-0.1, -0.05) is 0 Å². The van der Waals surface area contributed by atoms with E-state index in [-0.39, 0.29) is 12.6 Å². The largest absolute Gasteiger partial charge is 0.493 e. The van der Waals surface area contributed by atoms with Crippen LogP contribution in [0.4, 0.5) is 15.3 Å². The lowest BCUT2D eigenvalue weighted by atomic mass is 10.2. The normalized spacial score (nSPS) is 16.4. The number of carbonyl (C=O) groups excluding carboxylic acids is 2. The Hall–Kier alpha value is -2.64. The molecule has 0 bridgehead atoms. The van der Waals surface area contributed by atoms with E-state index in [0.717, 1.165) is 0 Å². The van der Waals surface area contributed by atoms with Gasteiger partial charge in [-0.15, -0.1) is 0 Å². The van der Waals surface area contributed by atoms with Crippen LogP contribution in [-0.2, 0) is 4.74 Å². The maximum Gasteiger partial charge on any atom is 0.414 e. The molecule has 1 heterocycles. The predicted octanol–water partition coefficient (Wildman–Crippen LogP) is 2.08. The van der Waals surface area contributed by atoms with E-state index in [1.165, 1.54) is 12.0 Å². The molecule has 8 nitrogen and oxygen atoms in total. The zero-order valence-electron chi connectivity index (χ0n) is 15.1. The van der Waals surface area contributed by atoms with Crippen molar-refractivity contribution < 1.29 is 23.8 Å². The van der Waals surface area contributed by atoms with E-state index in [9.17, 15) is 9.59 Å². The first-order valence-corrected chi connectivity index (χ1v) is 8.26. The molecule has 1 fully saturated rings. The summed E-state index contributed by atoms with van der Waals surface area (Å²) in [4.78, 5) is 27.3. The number of amides is 3. The van der Waals surface area contributed by atoms with Gasteiger partial charge in [0.2, 0.25) is 0 Å². The molecule has 138 valence electrons. The third kappa shape index (κ3) is 4.26. The van der Waals surface area contributed by atoms with Gasteiger partial charge < -0.3 is 24.4 Å². The number of methoxy groups -OCH3 is 2. The molecule has 0 spiro atoms. The van der Waals surface area contributed by atoms with Gasteiger partial charge in [0.1, 0.15) is 6.10 Å². The van der Waals surface area contributed by atoms with Crippen molar-refractivity contribution in [3.8, 4) is 11.5 Å². The summed E-state index contributed by atoms with van der Waals surface area (Å²) in [6.07, 6.45) is -0.852. The highest BCUT2D eigenvalue weighted by atomic mass is 16.6. The van der Waals surface area contributed by atoms with Crippen molar-refractivity contribution in [3.05, 3.63) is 18.2 Å². The molecule has 0 radical (unpaired) electrons. The van der Waals surface area contributed by atoms with E-state index in [4.69, 9.17) is 14.2 Å². The number of carbonyl (C=O) groups is 2. The molecule has 0 saturated carbocycles. The Balaban J connectivity index is 1.99. The minimum atomic E-state index is -0.450. The lowest BCUT2D eigenvalue weighted by molar-refractivity contribution is 0.138. The van der Waals surface area contributed by atoms with Gasteiger partial charge >= 0.3 is 12.1 Å². The van der Waals surface area contributed by atoms with Crippen LogP contribution in [0.5, 0.6) is 11.5 Å². The van der Waals surface area contributed by atoms with Gasteiger partial charge in [0.05, 0.1) is 33.0 Å². The number of rotatable bonds is 7. The molecule has 1 saturated heterocycles. The van der Waals surface area contributed by atoms with Crippen molar-refractivity contribution >= 4 is 17.8 Å². The van der Waals surface area contributed by atoms with Gasteiger partial charge in [0.25, 0.3) is 0 Å². The monoisotopic (exact) mass is 351 g/mol. The molecule has 2 rings (SSSR count). The highest BCUT2D eigenvalue weighted by Crippen LogP contribution is 2.33. The second-order valence-electron chi connectivity index (χ2n) is 5.51. The number of hydrogen-bond acceptors (Lipinski definition) is 5. The number of ether oxygens (including phenoxy) is 3. The summed E-state index contributed by atoms with van der Waals surface area (Å²) in [5.74, 6) is 1.12. The minimum Gasteiger partial charge on any atom is -0.493 e. The number of cyclic esters (lactones) is 1. The molecule has 1 N–H and O–H groups in total. The highest BCUT2D eigenvalue weighted by molar-refractivity contribution is 5.90. The summed E-state index contributed by atoms with van der Waals surface area (Å²) < 4.78 is 15.8. The molecule has 1 unspecified atom stereocenters. The number of anilines is 1. The lowest BCUT2D eigenvalue weighted by Crippen LogP contribution is -2.43. The van der Waals surface area contributed by atoms with Crippen molar-refractivity contribution in [1.82, 2.24) is 10.2 Å². The standard InChI is InChI=1S/C17H25N3O5/c1-5-19(6-2)16(21)18-10-13-11-20(17(22)25-13)12-7-8-14(23-3)15(9-12)24-4/h7-9,13H,5-6,10-11H2,1-4H3,(H,18,21). The molecule has 1 aliphatic rings. The molecular formula is C17H25N3O5. The van der Waals surface area contributed by atoms with Crippen LogP contribution in [0.25, 0.3) is 0 Å². The van der Waals surface area contributed by atoms with Crippen molar-refractivity contribution in [2.45, 2.75) is 20.0 Å². The molecule has 3 amide bonds. The maximum absolute atomic E-state index is 12.1. The average Bonchev–Trinajstić information content (AvgIpc) is 3.01. The van der Waals surface area contributed by atoms with Gasteiger partial charge in [-0.05, 0) is 26.0 Å². The summed E-state index contributed by atoms with van der Waals surface area (Å²) >= 11 is 0. The fraction of sp³-hybridized carbons (Fsp3) is 0.529. The number of hydrogen-bond donors (Lipinski definition) is 1. The number of urea groups is 1. The smallest absolute Gasteiger partial charge is 0.414 e. The van der Waals surface area contributed by atoms with Crippen molar-refractivity contribution in [2.75, 3.05) is 45.3 Å². The van der Waals surface area contributed by atoms with Crippen molar-refractivity contribution in [3.63, 3.8) is 0 Å². The molecule has 1 aromatic rings. The SMILES string of the molecule is CCN(CC)C(=O)NCC1CN(c2ccc(OC)c(OC)c2)C(=O)O1. The average molecular weight is 351 g/mol. The molecule has 1 aromatic carbocycles. The number of benzene rings is 1.